The first-order chi connectivity index (χ1) is 20.3. The molecule has 2 rings (SSSR count). The number of nitrogens with one attached hydrogen (secondary N) is 1. The first-order valence-electron chi connectivity index (χ1n) is 15.7. The molecule has 0 aromatic heterocycles. The Bertz CT molecular complexity index is 953. The Morgan fingerprint density at radius 2 is 1.65 bits per heavy atom. The topological polar surface area (TPSA) is 179 Å². The van der Waals surface area contributed by atoms with E-state index in [1.54, 1.807) is 7.05 Å². The van der Waals surface area contributed by atoms with Gasteiger partial charge in [-0.2, -0.15) is 0 Å². The van der Waals surface area contributed by atoms with Crippen LogP contribution in [0.3, 0.4) is 0 Å². The van der Waals surface area contributed by atoms with E-state index in [4.69, 9.17) is 31.4 Å². The van der Waals surface area contributed by atoms with Gasteiger partial charge in [-0.1, -0.05) is 34.9 Å². The summed E-state index contributed by atoms with van der Waals surface area (Å²) in [7, 11) is 2.99. The van der Waals surface area contributed by atoms with Gasteiger partial charge in [-0.25, -0.2) is 0 Å². The molecule has 0 aromatic rings. The highest BCUT2D eigenvalue weighted by Gasteiger charge is 2.53. The summed E-state index contributed by atoms with van der Waals surface area (Å²) in [6, 6.07) is -2.57. The van der Waals surface area contributed by atoms with E-state index in [1.807, 2.05) is 6.92 Å². The Kier molecular flexibility index (Phi) is 16.0. The van der Waals surface area contributed by atoms with Crippen LogP contribution in [0.1, 0.15) is 73.1 Å². The quantitative estimate of drug-likeness (QED) is 0.118. The van der Waals surface area contributed by atoms with Gasteiger partial charge in [0.2, 0.25) is 5.91 Å². The summed E-state index contributed by atoms with van der Waals surface area (Å²) in [5.74, 6) is -0.267. The summed E-state index contributed by atoms with van der Waals surface area (Å²) in [4.78, 5) is 14.6. The molecule has 2 aliphatic rings. The zero-order valence-corrected chi connectivity index (χ0v) is 27.4. The number of ether oxygens (including phenoxy) is 3. The van der Waals surface area contributed by atoms with Crippen LogP contribution in [0.5, 0.6) is 0 Å². The number of allylic oxidation sites excluding steroid dienone is 5. The van der Waals surface area contributed by atoms with Gasteiger partial charge in [0.1, 0.15) is 18.3 Å². The van der Waals surface area contributed by atoms with Gasteiger partial charge in [-0.3, -0.25) is 4.79 Å². The molecule has 9 N–H and O–H groups in total. The lowest BCUT2D eigenvalue weighted by atomic mass is 9.80. The van der Waals surface area contributed by atoms with E-state index in [9.17, 15) is 15.0 Å². The number of methoxy groups -OCH3 is 1. The minimum Gasteiger partial charge on any atom is -0.389 e. The lowest BCUT2D eigenvalue weighted by Gasteiger charge is -2.50. The van der Waals surface area contributed by atoms with Crippen LogP contribution in [0.2, 0.25) is 0 Å². The number of carbonyl (C=O) groups excluding carboxylic acids is 1. The predicted octanol–water partition coefficient (Wildman–Crippen LogP) is 1.46. The minimum absolute atomic E-state index is 0.0453. The van der Waals surface area contributed by atoms with E-state index >= 15 is 0 Å². The number of rotatable bonds is 15. The van der Waals surface area contributed by atoms with Crippen LogP contribution in [0, 0.1) is 0 Å². The molecule has 0 bridgehead atoms. The SMILES string of the molecule is CO[C@H]1[C@@H](O)[C@H](N)C(O[C@H]2O[C@H](C(C)N)CC[C@H]2N)[C@H](O)[C@@H]1N(C)C(=O)CNC/C=C(\C)CC/C=C(\C)CCC=C(C)C. The molecule has 0 spiro atoms. The molecule has 1 aliphatic heterocycles. The second-order valence-electron chi connectivity index (χ2n) is 12.6. The van der Waals surface area contributed by atoms with Crippen LogP contribution in [0.25, 0.3) is 0 Å². The lowest BCUT2D eigenvalue weighted by Crippen LogP contribution is -2.72. The van der Waals surface area contributed by atoms with Gasteiger partial charge in [-0.05, 0) is 73.1 Å². The maximum atomic E-state index is 13.2. The van der Waals surface area contributed by atoms with Crippen molar-refractivity contribution in [2.24, 2.45) is 17.2 Å². The second-order valence-corrected chi connectivity index (χ2v) is 12.6. The summed E-state index contributed by atoms with van der Waals surface area (Å²) >= 11 is 0. The van der Waals surface area contributed by atoms with E-state index in [1.165, 1.54) is 28.7 Å². The Hall–Kier alpha value is -1.67. The third kappa shape index (κ3) is 11.3. The molecular formula is C32H59N5O6. The minimum atomic E-state index is -1.26. The van der Waals surface area contributed by atoms with Crippen molar-refractivity contribution in [1.82, 2.24) is 10.2 Å². The molecule has 10 atom stereocenters. The lowest BCUT2D eigenvalue weighted by molar-refractivity contribution is -0.267. The van der Waals surface area contributed by atoms with Crippen LogP contribution in [-0.4, -0.2) is 109 Å². The number of nitrogens with zero attached hydrogens (tertiary/aromatic N) is 1. The number of amides is 1. The van der Waals surface area contributed by atoms with Gasteiger partial charge < -0.3 is 51.8 Å². The number of hydrogen-bond acceptors (Lipinski definition) is 10. The molecule has 1 saturated heterocycles. The van der Waals surface area contributed by atoms with E-state index < -0.39 is 48.8 Å². The van der Waals surface area contributed by atoms with Gasteiger partial charge in [-0.15, -0.1) is 0 Å². The normalized spacial score (nSPS) is 32.8. The maximum Gasteiger partial charge on any atom is 0.236 e. The summed E-state index contributed by atoms with van der Waals surface area (Å²) in [5.41, 5.74) is 22.6. The predicted molar refractivity (Wildman–Crippen MR) is 170 cm³/mol. The van der Waals surface area contributed by atoms with Crippen LogP contribution < -0.4 is 22.5 Å². The number of hydrogen-bond donors (Lipinski definition) is 6. The van der Waals surface area contributed by atoms with Crippen molar-refractivity contribution in [3.8, 4) is 0 Å². The number of nitrogens with two attached hydrogens (primary N) is 3. The van der Waals surface area contributed by atoms with Gasteiger partial charge in [0.05, 0.1) is 36.9 Å². The molecule has 11 heteroatoms. The number of likely N-dealkylation sites (N-methyl/N-ethyl adjacent to an activating group) is 1. The molecule has 11 nitrogen and oxygen atoms in total. The molecule has 2 unspecified atom stereocenters. The highest BCUT2D eigenvalue weighted by molar-refractivity contribution is 5.78. The molecule has 248 valence electrons. The van der Waals surface area contributed by atoms with Crippen LogP contribution >= 0.6 is 0 Å². The van der Waals surface area contributed by atoms with Crippen molar-refractivity contribution in [3.63, 3.8) is 0 Å². The Balaban J connectivity index is 1.94. The van der Waals surface area contributed by atoms with E-state index in [2.05, 4.69) is 51.2 Å². The Morgan fingerprint density at radius 3 is 2.26 bits per heavy atom. The third-order valence-electron chi connectivity index (χ3n) is 8.56. The molecule has 1 heterocycles. The van der Waals surface area contributed by atoms with E-state index in [0.29, 0.717) is 19.4 Å². The van der Waals surface area contributed by atoms with Crippen molar-refractivity contribution in [3.05, 3.63) is 34.9 Å². The van der Waals surface area contributed by atoms with Crippen LogP contribution in [-0.2, 0) is 19.0 Å². The average Bonchev–Trinajstić information content (AvgIpc) is 2.95. The first kappa shape index (κ1) is 37.5. The van der Waals surface area contributed by atoms with Gasteiger partial charge in [0, 0.05) is 26.7 Å². The van der Waals surface area contributed by atoms with E-state index in [-0.39, 0.29) is 24.6 Å². The molecule has 43 heavy (non-hydrogen) atoms. The zero-order chi connectivity index (χ0) is 32.3. The van der Waals surface area contributed by atoms with Crippen molar-refractivity contribution in [1.29, 1.82) is 0 Å². The first-order valence-corrected chi connectivity index (χ1v) is 15.7. The number of aliphatic hydroxyl groups is 2. The Morgan fingerprint density at radius 1 is 1.02 bits per heavy atom. The summed E-state index contributed by atoms with van der Waals surface area (Å²) in [6.07, 6.45) is 6.53. The highest BCUT2D eigenvalue weighted by atomic mass is 16.7. The van der Waals surface area contributed by atoms with Crippen LogP contribution in [0.4, 0.5) is 0 Å². The number of aliphatic hydroxyl groups excluding tert-OH is 2. The summed E-state index contributed by atoms with van der Waals surface area (Å²) < 4.78 is 17.6. The average molecular weight is 610 g/mol. The summed E-state index contributed by atoms with van der Waals surface area (Å²) in [5, 5.41) is 25.6. The molecule has 0 radical (unpaired) electrons. The van der Waals surface area contributed by atoms with Crippen molar-refractivity contribution in [2.45, 2.75) is 134 Å². The highest BCUT2D eigenvalue weighted by Crippen LogP contribution is 2.31. The molecule has 1 saturated carbocycles. The zero-order valence-electron chi connectivity index (χ0n) is 27.4. The molecule has 0 aromatic carbocycles. The molecule has 1 aliphatic carbocycles. The Labute approximate surface area is 258 Å². The van der Waals surface area contributed by atoms with Crippen molar-refractivity contribution in [2.75, 3.05) is 27.2 Å². The van der Waals surface area contributed by atoms with Crippen molar-refractivity contribution < 1.29 is 29.2 Å². The van der Waals surface area contributed by atoms with Crippen molar-refractivity contribution >= 4 is 5.91 Å². The van der Waals surface area contributed by atoms with E-state index in [0.717, 1.165) is 25.7 Å². The standard InChI is InChI=1S/C32H59N5O6/c1-19(2)10-8-11-20(3)12-9-13-21(4)16-17-36-18-25(38)37(6)27-29(40)30(26(35)28(39)31(27)41-7)43-32-23(34)14-15-24(42-32)22(5)33/h10,12,16,22-24,26-32,36,39-40H,8-9,11,13-15,17-18,33-35H2,1-7H3/b20-12+,21-16+/t22?,23-,24+,26+,27+,28+,29-,30?,31-,32-/m1/s1. The van der Waals surface area contributed by atoms with Gasteiger partial charge >= 0.3 is 0 Å². The van der Waals surface area contributed by atoms with Crippen LogP contribution in [0.15, 0.2) is 34.9 Å². The fourth-order valence-electron chi connectivity index (χ4n) is 5.70. The molecule has 2 fully saturated rings. The third-order valence-corrected chi connectivity index (χ3v) is 8.56. The van der Waals surface area contributed by atoms with Gasteiger partial charge in [0.25, 0.3) is 0 Å². The number of carbonyl (C=O) groups is 1. The molecular weight excluding hydrogens is 550 g/mol. The maximum absolute atomic E-state index is 13.2. The second kappa shape index (κ2) is 18.3. The smallest absolute Gasteiger partial charge is 0.236 e. The monoisotopic (exact) mass is 609 g/mol. The fourth-order valence-corrected chi connectivity index (χ4v) is 5.70. The largest absolute Gasteiger partial charge is 0.389 e. The van der Waals surface area contributed by atoms with Gasteiger partial charge in [0.15, 0.2) is 6.29 Å². The summed E-state index contributed by atoms with van der Waals surface area (Å²) in [6.45, 7) is 10.9. The fraction of sp³-hybridized carbons (Fsp3) is 0.781. The molecule has 1 amide bonds.